The van der Waals surface area contributed by atoms with Crippen molar-refractivity contribution in [3.63, 3.8) is 0 Å². The molecule has 1 aliphatic heterocycles. The van der Waals surface area contributed by atoms with E-state index in [4.69, 9.17) is 0 Å². The van der Waals surface area contributed by atoms with Gasteiger partial charge in [0.1, 0.15) is 5.82 Å². The van der Waals surface area contributed by atoms with Gasteiger partial charge in [-0.3, -0.25) is 4.99 Å². The van der Waals surface area contributed by atoms with Crippen LogP contribution < -0.4 is 10.6 Å². The van der Waals surface area contributed by atoms with Crippen molar-refractivity contribution in [3.8, 4) is 0 Å². The van der Waals surface area contributed by atoms with Gasteiger partial charge in [-0.2, -0.15) is 0 Å². The van der Waals surface area contributed by atoms with Crippen LogP contribution in [0.4, 0.5) is 4.39 Å². The summed E-state index contributed by atoms with van der Waals surface area (Å²) in [5.74, 6) is 0.637. The van der Waals surface area contributed by atoms with E-state index in [2.05, 4.69) is 39.4 Å². The van der Waals surface area contributed by atoms with Gasteiger partial charge in [0.15, 0.2) is 5.96 Å². The molecule has 1 aromatic carbocycles. The van der Waals surface area contributed by atoms with Gasteiger partial charge >= 0.3 is 0 Å². The molecule has 0 amide bonds. The zero-order valence-electron chi connectivity index (χ0n) is 17.8. The average Bonchev–Trinajstić information content (AvgIpc) is 2.65. The van der Waals surface area contributed by atoms with Crippen molar-refractivity contribution in [2.75, 3.05) is 52.9 Å². The number of nitrogens with one attached hydrogen (secondary N) is 2. The van der Waals surface area contributed by atoms with E-state index in [0.717, 1.165) is 37.6 Å². The minimum Gasteiger partial charge on any atom is -0.357 e. The molecular formula is C21H37FIN5. The fourth-order valence-corrected chi connectivity index (χ4v) is 3.20. The number of halogens is 2. The van der Waals surface area contributed by atoms with Crippen molar-refractivity contribution in [3.05, 3.63) is 35.1 Å². The fraction of sp³-hybridized carbons (Fsp3) is 0.667. The molecule has 0 bridgehead atoms. The van der Waals surface area contributed by atoms with Crippen molar-refractivity contribution in [1.82, 2.24) is 20.4 Å². The van der Waals surface area contributed by atoms with Crippen LogP contribution in [-0.4, -0.2) is 68.6 Å². The van der Waals surface area contributed by atoms with E-state index in [-0.39, 0.29) is 35.8 Å². The van der Waals surface area contributed by atoms with Crippen LogP contribution in [0.15, 0.2) is 23.2 Å². The van der Waals surface area contributed by atoms with Crippen molar-refractivity contribution < 1.29 is 4.39 Å². The second-order valence-corrected chi connectivity index (χ2v) is 7.49. The number of benzene rings is 1. The predicted octanol–water partition coefficient (Wildman–Crippen LogP) is 3.40. The molecule has 1 atom stereocenters. The molecule has 1 aliphatic rings. The lowest BCUT2D eigenvalue weighted by atomic mass is 10.1. The summed E-state index contributed by atoms with van der Waals surface area (Å²) < 4.78 is 13.8. The number of guanidine groups is 1. The second-order valence-electron chi connectivity index (χ2n) is 7.49. The van der Waals surface area contributed by atoms with Gasteiger partial charge in [-0.15, -0.1) is 24.0 Å². The first-order valence-electron chi connectivity index (χ1n) is 10.2. The number of unbranched alkanes of at least 4 members (excludes halogenated alkanes) is 1. The van der Waals surface area contributed by atoms with Gasteiger partial charge in [-0.25, -0.2) is 4.39 Å². The van der Waals surface area contributed by atoms with Gasteiger partial charge in [0.05, 0.1) is 6.04 Å². The summed E-state index contributed by atoms with van der Waals surface area (Å²) in [6, 6.07) is 5.40. The van der Waals surface area contributed by atoms with Crippen LogP contribution in [0.2, 0.25) is 0 Å². The highest BCUT2D eigenvalue weighted by atomic mass is 127. The Bertz CT molecular complexity index is 602. The van der Waals surface area contributed by atoms with Crippen LogP contribution in [0.25, 0.3) is 0 Å². The summed E-state index contributed by atoms with van der Waals surface area (Å²) in [4.78, 5) is 9.62. The van der Waals surface area contributed by atoms with E-state index in [1.165, 1.54) is 32.6 Å². The lowest BCUT2D eigenvalue weighted by Gasteiger charge is -2.32. The molecule has 1 heterocycles. The van der Waals surface area contributed by atoms with Crippen molar-refractivity contribution in [1.29, 1.82) is 0 Å². The van der Waals surface area contributed by atoms with Gasteiger partial charge in [-0.05, 0) is 64.4 Å². The van der Waals surface area contributed by atoms with E-state index in [1.807, 2.05) is 19.1 Å². The standard InChI is InChI=1S/C21H36FN5.HI/c1-5-23-21(25-18(3)19-9-8-17(2)20(22)16-19)24-10-6-7-11-27-14-12-26(4)13-15-27;/h8-9,16,18H,5-7,10-15H2,1-4H3,(H2,23,24,25);1H. The van der Waals surface area contributed by atoms with E-state index >= 15 is 0 Å². The number of piperazine rings is 1. The maximum atomic E-state index is 13.8. The molecule has 1 saturated heterocycles. The molecule has 7 heteroatoms. The van der Waals surface area contributed by atoms with Gasteiger partial charge in [0.2, 0.25) is 0 Å². The molecule has 2 rings (SSSR count). The highest BCUT2D eigenvalue weighted by Gasteiger charge is 2.13. The Morgan fingerprint density at radius 2 is 1.93 bits per heavy atom. The van der Waals surface area contributed by atoms with Gasteiger partial charge < -0.3 is 20.4 Å². The molecule has 0 aliphatic carbocycles. The van der Waals surface area contributed by atoms with Gasteiger partial charge in [0, 0.05) is 39.3 Å². The minimum atomic E-state index is -0.160. The minimum absolute atomic E-state index is 0. The largest absolute Gasteiger partial charge is 0.357 e. The van der Waals surface area contributed by atoms with E-state index in [0.29, 0.717) is 5.56 Å². The average molecular weight is 505 g/mol. The second kappa shape index (κ2) is 13.3. The summed E-state index contributed by atoms with van der Waals surface area (Å²) in [6.45, 7) is 13.3. The van der Waals surface area contributed by atoms with Crippen LogP contribution in [-0.2, 0) is 0 Å². The SMILES string of the molecule is CCNC(=NCCCCN1CCN(C)CC1)NC(C)c1ccc(C)c(F)c1.I. The van der Waals surface area contributed by atoms with Gasteiger partial charge in [-0.1, -0.05) is 12.1 Å². The first-order valence-corrected chi connectivity index (χ1v) is 10.2. The number of nitrogens with zero attached hydrogens (tertiary/aromatic N) is 3. The Morgan fingerprint density at radius 1 is 1.21 bits per heavy atom. The quantitative estimate of drug-likeness (QED) is 0.246. The van der Waals surface area contributed by atoms with Crippen molar-refractivity contribution in [2.24, 2.45) is 4.99 Å². The Hall–Kier alpha value is -0.930. The Labute approximate surface area is 187 Å². The molecule has 28 heavy (non-hydrogen) atoms. The third kappa shape index (κ3) is 8.61. The van der Waals surface area contributed by atoms with Crippen molar-refractivity contribution in [2.45, 2.75) is 39.7 Å². The fourth-order valence-electron chi connectivity index (χ4n) is 3.20. The highest BCUT2D eigenvalue weighted by Crippen LogP contribution is 2.16. The van der Waals surface area contributed by atoms with E-state index in [1.54, 1.807) is 13.0 Å². The summed E-state index contributed by atoms with van der Waals surface area (Å²) in [6.07, 6.45) is 2.25. The molecule has 5 nitrogen and oxygen atoms in total. The van der Waals surface area contributed by atoms with Crippen LogP contribution >= 0.6 is 24.0 Å². The Balaban J connectivity index is 0.00000392. The molecule has 1 aromatic rings. The Kier molecular flexibility index (Phi) is 11.9. The molecule has 1 unspecified atom stereocenters. The number of rotatable bonds is 8. The topological polar surface area (TPSA) is 42.9 Å². The molecule has 160 valence electrons. The highest BCUT2D eigenvalue weighted by molar-refractivity contribution is 14.0. The zero-order chi connectivity index (χ0) is 19.6. The van der Waals surface area contributed by atoms with Crippen LogP contribution in [0.1, 0.15) is 43.9 Å². The first kappa shape index (κ1) is 25.1. The predicted molar refractivity (Wildman–Crippen MR) is 127 cm³/mol. The number of hydrogen-bond acceptors (Lipinski definition) is 3. The molecule has 1 fully saturated rings. The normalized spacial score (nSPS) is 17.1. The first-order chi connectivity index (χ1) is 13.0. The monoisotopic (exact) mass is 505 g/mol. The smallest absolute Gasteiger partial charge is 0.191 e. The third-order valence-electron chi connectivity index (χ3n) is 5.14. The van der Waals surface area contributed by atoms with Gasteiger partial charge in [0.25, 0.3) is 0 Å². The lowest BCUT2D eigenvalue weighted by molar-refractivity contribution is 0.152. The number of likely N-dealkylation sites (N-methyl/N-ethyl adjacent to an activating group) is 1. The lowest BCUT2D eigenvalue weighted by Crippen LogP contribution is -2.44. The van der Waals surface area contributed by atoms with Crippen LogP contribution in [0.5, 0.6) is 0 Å². The maximum absolute atomic E-state index is 13.8. The summed E-state index contributed by atoms with van der Waals surface area (Å²) in [7, 11) is 2.19. The Morgan fingerprint density at radius 3 is 2.57 bits per heavy atom. The van der Waals surface area contributed by atoms with E-state index in [9.17, 15) is 4.39 Å². The molecule has 0 spiro atoms. The number of aliphatic imine (C=N–C) groups is 1. The summed E-state index contributed by atoms with van der Waals surface area (Å²) in [5, 5.41) is 6.67. The van der Waals surface area contributed by atoms with Crippen LogP contribution in [0.3, 0.4) is 0 Å². The summed E-state index contributed by atoms with van der Waals surface area (Å²) in [5.41, 5.74) is 1.60. The zero-order valence-corrected chi connectivity index (χ0v) is 20.1. The molecule has 0 radical (unpaired) electrons. The molecular weight excluding hydrogens is 468 g/mol. The maximum Gasteiger partial charge on any atom is 0.191 e. The van der Waals surface area contributed by atoms with Crippen LogP contribution in [0, 0.1) is 12.7 Å². The number of aryl methyl sites for hydroxylation is 1. The molecule has 0 saturated carbocycles. The number of hydrogen-bond donors (Lipinski definition) is 2. The molecule has 2 N–H and O–H groups in total. The summed E-state index contributed by atoms with van der Waals surface area (Å²) >= 11 is 0. The third-order valence-corrected chi connectivity index (χ3v) is 5.14. The van der Waals surface area contributed by atoms with E-state index < -0.39 is 0 Å². The molecule has 0 aromatic heterocycles. The van der Waals surface area contributed by atoms with Crippen molar-refractivity contribution >= 4 is 29.9 Å².